The topological polar surface area (TPSA) is 63.6 Å². The summed E-state index contributed by atoms with van der Waals surface area (Å²) < 4.78 is 5.61. The molecule has 0 aromatic heterocycles. The number of fused-ring (bicyclic) bond motifs is 3. The number of carbonyl (C=O) groups excluding carboxylic acids is 2. The quantitative estimate of drug-likeness (QED) is 0.781. The standard InChI is InChI=1S/C16H20O4/c1-3-10-11-5-4-8(2)13-12(18)6-9(7-17)14(13)15(11)20-16(10)19/h6,10-11,14-15,17H,3-5,7H2,1-2H3/t10-,11-,14-,15-/m0/s1. The van der Waals surface area contributed by atoms with Crippen LogP contribution in [0.1, 0.15) is 33.1 Å². The molecule has 1 saturated heterocycles. The van der Waals surface area contributed by atoms with Crippen LogP contribution in [0.4, 0.5) is 0 Å². The molecule has 20 heavy (non-hydrogen) atoms. The Morgan fingerprint density at radius 1 is 1.40 bits per heavy atom. The fourth-order valence-electron chi connectivity index (χ4n) is 4.05. The van der Waals surface area contributed by atoms with Crippen molar-refractivity contribution in [1.29, 1.82) is 0 Å². The predicted molar refractivity (Wildman–Crippen MR) is 72.8 cm³/mol. The molecule has 0 radical (unpaired) electrons. The SMILES string of the molecule is CC[C@@H]1C(=O)O[C@@H]2[C@H]3C(CO)=CC(=O)C3=C(C)CC[C@H]21. The first-order valence-corrected chi connectivity index (χ1v) is 7.34. The Balaban J connectivity index is 2.04. The molecule has 0 bridgehead atoms. The van der Waals surface area contributed by atoms with Gasteiger partial charge in [-0.15, -0.1) is 0 Å². The minimum absolute atomic E-state index is 0.0202. The molecule has 0 amide bonds. The molecule has 0 saturated carbocycles. The fourth-order valence-corrected chi connectivity index (χ4v) is 4.05. The van der Waals surface area contributed by atoms with E-state index in [-0.39, 0.29) is 42.2 Å². The van der Waals surface area contributed by atoms with Crippen molar-refractivity contribution >= 4 is 11.8 Å². The fraction of sp³-hybridized carbons (Fsp3) is 0.625. The minimum atomic E-state index is -0.273. The van der Waals surface area contributed by atoms with E-state index in [9.17, 15) is 14.7 Å². The van der Waals surface area contributed by atoms with Crippen LogP contribution < -0.4 is 0 Å². The second-order valence-electron chi connectivity index (χ2n) is 6.03. The maximum Gasteiger partial charge on any atom is 0.309 e. The van der Waals surface area contributed by atoms with Crippen molar-refractivity contribution < 1.29 is 19.4 Å². The van der Waals surface area contributed by atoms with Gasteiger partial charge in [0.05, 0.1) is 12.5 Å². The van der Waals surface area contributed by atoms with E-state index < -0.39 is 0 Å². The number of esters is 1. The van der Waals surface area contributed by atoms with Crippen LogP contribution in [0, 0.1) is 17.8 Å². The van der Waals surface area contributed by atoms with Gasteiger partial charge in [0.15, 0.2) is 5.78 Å². The molecule has 1 heterocycles. The van der Waals surface area contributed by atoms with Gasteiger partial charge < -0.3 is 9.84 Å². The third kappa shape index (κ3) is 1.78. The molecule has 4 atom stereocenters. The van der Waals surface area contributed by atoms with Crippen LogP contribution in [-0.2, 0) is 14.3 Å². The molecule has 0 unspecified atom stereocenters. The highest BCUT2D eigenvalue weighted by Gasteiger charge is 2.52. The number of hydrogen-bond acceptors (Lipinski definition) is 4. The van der Waals surface area contributed by atoms with Gasteiger partial charge in [0.25, 0.3) is 0 Å². The summed E-state index contributed by atoms with van der Waals surface area (Å²) >= 11 is 0. The monoisotopic (exact) mass is 276 g/mol. The summed E-state index contributed by atoms with van der Waals surface area (Å²) in [4.78, 5) is 24.2. The molecule has 3 rings (SSSR count). The zero-order chi connectivity index (χ0) is 14.4. The summed E-state index contributed by atoms with van der Waals surface area (Å²) in [6.07, 6.45) is 3.74. The lowest BCUT2D eigenvalue weighted by Gasteiger charge is -2.25. The molecular formula is C16H20O4. The number of ether oxygens (including phenoxy) is 1. The van der Waals surface area contributed by atoms with Crippen LogP contribution >= 0.6 is 0 Å². The van der Waals surface area contributed by atoms with Gasteiger partial charge in [-0.2, -0.15) is 0 Å². The number of ketones is 1. The molecule has 1 aliphatic heterocycles. The first-order chi connectivity index (χ1) is 9.58. The van der Waals surface area contributed by atoms with Crippen molar-refractivity contribution in [3.05, 3.63) is 22.8 Å². The van der Waals surface area contributed by atoms with Gasteiger partial charge in [-0.05, 0) is 37.8 Å². The highest BCUT2D eigenvalue weighted by Crippen LogP contribution is 2.48. The van der Waals surface area contributed by atoms with Crippen LogP contribution in [-0.4, -0.2) is 29.6 Å². The van der Waals surface area contributed by atoms with E-state index in [0.717, 1.165) is 30.4 Å². The van der Waals surface area contributed by atoms with Crippen molar-refractivity contribution in [2.75, 3.05) is 6.61 Å². The van der Waals surface area contributed by atoms with Gasteiger partial charge in [0.2, 0.25) is 0 Å². The Morgan fingerprint density at radius 2 is 2.15 bits per heavy atom. The Bertz CT molecular complexity index is 529. The minimum Gasteiger partial charge on any atom is -0.461 e. The number of rotatable bonds is 2. The van der Waals surface area contributed by atoms with Gasteiger partial charge in [0, 0.05) is 17.4 Å². The van der Waals surface area contributed by atoms with Crippen molar-refractivity contribution in [1.82, 2.24) is 0 Å². The molecule has 1 fully saturated rings. The number of carbonyl (C=O) groups is 2. The third-order valence-electron chi connectivity index (χ3n) is 5.05. The predicted octanol–water partition coefficient (Wildman–Crippen LogP) is 1.78. The largest absolute Gasteiger partial charge is 0.461 e. The summed E-state index contributed by atoms with van der Waals surface area (Å²) in [6.45, 7) is 3.84. The number of allylic oxidation sites excluding steroid dienone is 2. The van der Waals surface area contributed by atoms with Gasteiger partial charge >= 0.3 is 5.97 Å². The van der Waals surface area contributed by atoms with Crippen molar-refractivity contribution in [2.24, 2.45) is 17.8 Å². The van der Waals surface area contributed by atoms with E-state index in [0.29, 0.717) is 5.57 Å². The van der Waals surface area contributed by atoms with Gasteiger partial charge in [0.1, 0.15) is 6.10 Å². The molecule has 0 spiro atoms. The lowest BCUT2D eigenvalue weighted by atomic mass is 9.79. The summed E-state index contributed by atoms with van der Waals surface area (Å²) in [6, 6.07) is 0. The maximum atomic E-state index is 12.2. The summed E-state index contributed by atoms with van der Waals surface area (Å²) in [5.74, 6) is -0.291. The van der Waals surface area contributed by atoms with Crippen LogP contribution in [0.15, 0.2) is 22.8 Å². The van der Waals surface area contributed by atoms with Crippen LogP contribution in [0.5, 0.6) is 0 Å². The molecular weight excluding hydrogens is 256 g/mol. The Hall–Kier alpha value is -1.42. The molecule has 0 aromatic rings. The lowest BCUT2D eigenvalue weighted by Crippen LogP contribution is -2.29. The molecule has 2 aliphatic carbocycles. The van der Waals surface area contributed by atoms with E-state index in [1.165, 1.54) is 6.08 Å². The van der Waals surface area contributed by atoms with E-state index in [2.05, 4.69) is 0 Å². The third-order valence-corrected chi connectivity index (χ3v) is 5.05. The van der Waals surface area contributed by atoms with E-state index >= 15 is 0 Å². The lowest BCUT2D eigenvalue weighted by molar-refractivity contribution is -0.145. The maximum absolute atomic E-state index is 12.2. The van der Waals surface area contributed by atoms with Crippen LogP contribution in [0.3, 0.4) is 0 Å². The molecule has 4 heteroatoms. The van der Waals surface area contributed by atoms with Gasteiger partial charge in [-0.3, -0.25) is 9.59 Å². The molecule has 0 aromatic carbocycles. The zero-order valence-corrected chi connectivity index (χ0v) is 11.9. The smallest absolute Gasteiger partial charge is 0.309 e. The van der Waals surface area contributed by atoms with Crippen molar-refractivity contribution in [3.63, 3.8) is 0 Å². The first-order valence-electron chi connectivity index (χ1n) is 7.34. The highest BCUT2D eigenvalue weighted by atomic mass is 16.6. The summed E-state index contributed by atoms with van der Waals surface area (Å²) in [5.41, 5.74) is 2.54. The molecule has 1 N–H and O–H groups in total. The van der Waals surface area contributed by atoms with Crippen molar-refractivity contribution in [3.8, 4) is 0 Å². The highest BCUT2D eigenvalue weighted by molar-refractivity contribution is 6.09. The second kappa shape index (κ2) is 4.85. The normalized spacial score (nSPS) is 36.5. The van der Waals surface area contributed by atoms with Crippen LogP contribution in [0.25, 0.3) is 0 Å². The first kappa shape index (κ1) is 13.6. The average Bonchev–Trinajstić information content (AvgIpc) is 2.87. The average molecular weight is 276 g/mol. The van der Waals surface area contributed by atoms with Crippen LogP contribution in [0.2, 0.25) is 0 Å². The summed E-state index contributed by atoms with van der Waals surface area (Å²) in [7, 11) is 0. The van der Waals surface area contributed by atoms with Gasteiger partial charge in [-0.25, -0.2) is 0 Å². The number of hydrogen-bond donors (Lipinski definition) is 1. The Kier molecular flexibility index (Phi) is 3.28. The second-order valence-corrected chi connectivity index (χ2v) is 6.03. The van der Waals surface area contributed by atoms with Crippen molar-refractivity contribution in [2.45, 2.75) is 39.2 Å². The Morgan fingerprint density at radius 3 is 2.80 bits per heavy atom. The Labute approximate surface area is 118 Å². The zero-order valence-electron chi connectivity index (χ0n) is 11.9. The molecule has 108 valence electrons. The number of aliphatic hydroxyl groups is 1. The van der Waals surface area contributed by atoms with E-state index in [1.807, 2.05) is 13.8 Å². The van der Waals surface area contributed by atoms with E-state index in [1.54, 1.807) is 0 Å². The summed E-state index contributed by atoms with van der Waals surface area (Å²) in [5, 5.41) is 9.53. The number of aliphatic hydroxyl groups excluding tert-OH is 1. The van der Waals surface area contributed by atoms with E-state index in [4.69, 9.17) is 4.74 Å². The molecule has 4 nitrogen and oxygen atoms in total. The van der Waals surface area contributed by atoms with Gasteiger partial charge in [-0.1, -0.05) is 12.5 Å². The molecule has 3 aliphatic rings.